The van der Waals surface area contributed by atoms with E-state index < -0.39 is 0 Å². The minimum atomic E-state index is 1.16. The molecule has 1 nitrogen and oxygen atoms in total. The molecule has 0 saturated carbocycles. The molecule has 1 aromatic heterocycles. The van der Waals surface area contributed by atoms with E-state index in [9.17, 15) is 0 Å². The van der Waals surface area contributed by atoms with Crippen LogP contribution in [0.4, 0.5) is 0 Å². The van der Waals surface area contributed by atoms with Gasteiger partial charge in [-0.3, -0.25) is 4.98 Å². The highest BCUT2D eigenvalue weighted by Crippen LogP contribution is 2.36. The molecule has 0 saturated heterocycles. The van der Waals surface area contributed by atoms with Crippen molar-refractivity contribution < 1.29 is 0 Å². The normalized spacial score (nSPS) is 12.0. The van der Waals surface area contributed by atoms with Crippen LogP contribution < -0.4 is 0 Å². The van der Waals surface area contributed by atoms with Crippen LogP contribution in [-0.4, -0.2) is 4.98 Å². The number of benzene rings is 4. The molecular formula is C23H15N. The molecule has 0 bridgehead atoms. The van der Waals surface area contributed by atoms with Gasteiger partial charge in [-0.1, -0.05) is 66.7 Å². The van der Waals surface area contributed by atoms with E-state index in [1.165, 1.54) is 37.9 Å². The van der Waals surface area contributed by atoms with Gasteiger partial charge in [0, 0.05) is 12.4 Å². The summed E-state index contributed by atoms with van der Waals surface area (Å²) in [4.78, 5) is 4.07. The number of hydrogen-bond donors (Lipinski definition) is 0. The monoisotopic (exact) mass is 305 g/mol. The highest BCUT2D eigenvalue weighted by atomic mass is 14.6. The lowest BCUT2D eigenvalue weighted by molar-refractivity contribution is 1.32. The summed E-state index contributed by atoms with van der Waals surface area (Å²) in [5.41, 5.74) is 2.41. The second kappa shape index (κ2) is 5.17. The molecule has 0 aliphatic heterocycles. The Bertz CT molecular complexity index is 1170. The fraction of sp³-hybridized carbons (Fsp3) is 0. The van der Waals surface area contributed by atoms with Crippen molar-refractivity contribution in [3.8, 4) is 0 Å². The van der Waals surface area contributed by atoms with E-state index in [1.54, 1.807) is 0 Å². The summed E-state index contributed by atoms with van der Waals surface area (Å²) in [6.45, 7) is 0. The molecule has 1 heterocycles. The van der Waals surface area contributed by atoms with Crippen LogP contribution in [0.1, 0.15) is 11.1 Å². The highest BCUT2D eigenvalue weighted by Gasteiger charge is 2.09. The van der Waals surface area contributed by atoms with Crippen molar-refractivity contribution in [2.45, 2.75) is 0 Å². The first-order chi connectivity index (χ1) is 11.9. The molecule has 0 aliphatic carbocycles. The predicted molar refractivity (Wildman–Crippen MR) is 103 cm³/mol. The molecule has 0 radical (unpaired) electrons. The molecule has 1 heteroatoms. The molecule has 0 spiro atoms. The molecule has 5 aromatic rings. The third-order valence-electron chi connectivity index (χ3n) is 4.72. The Kier molecular flexibility index (Phi) is 2.86. The van der Waals surface area contributed by atoms with Crippen LogP contribution in [0.15, 0.2) is 79.1 Å². The Labute approximate surface area is 140 Å². The van der Waals surface area contributed by atoms with Crippen LogP contribution in [0.3, 0.4) is 0 Å². The molecule has 0 atom stereocenters. The number of pyridine rings is 1. The van der Waals surface area contributed by atoms with E-state index in [1.807, 2.05) is 24.5 Å². The second-order valence-electron chi connectivity index (χ2n) is 6.12. The van der Waals surface area contributed by atoms with Crippen molar-refractivity contribution in [3.63, 3.8) is 0 Å². The van der Waals surface area contributed by atoms with Gasteiger partial charge in [0.2, 0.25) is 0 Å². The van der Waals surface area contributed by atoms with Gasteiger partial charge >= 0.3 is 0 Å². The Morgan fingerprint density at radius 2 is 1.25 bits per heavy atom. The zero-order chi connectivity index (χ0) is 15.9. The topological polar surface area (TPSA) is 12.9 Å². The number of rotatable bonds is 2. The van der Waals surface area contributed by atoms with Gasteiger partial charge in [-0.05, 0) is 55.6 Å². The fourth-order valence-electron chi connectivity index (χ4n) is 3.56. The predicted octanol–water partition coefficient (Wildman–Crippen LogP) is 6.15. The lowest BCUT2D eigenvalue weighted by Gasteiger charge is -2.12. The number of aromatic nitrogens is 1. The lowest BCUT2D eigenvalue weighted by Crippen LogP contribution is -1.86. The molecule has 5 rings (SSSR count). The molecular weight excluding hydrogens is 290 g/mol. The summed E-state index contributed by atoms with van der Waals surface area (Å²) in [6, 6.07) is 23.9. The molecule has 0 N–H and O–H groups in total. The Morgan fingerprint density at radius 1 is 0.583 bits per heavy atom. The minimum Gasteiger partial charge on any atom is -0.265 e. The quantitative estimate of drug-likeness (QED) is 0.356. The largest absolute Gasteiger partial charge is 0.265 e. The average molecular weight is 305 g/mol. The third-order valence-corrected chi connectivity index (χ3v) is 4.72. The first-order valence-electron chi connectivity index (χ1n) is 8.15. The zero-order valence-corrected chi connectivity index (χ0v) is 13.1. The average Bonchev–Trinajstić information content (AvgIpc) is 2.66. The van der Waals surface area contributed by atoms with Gasteiger partial charge in [0.25, 0.3) is 0 Å². The van der Waals surface area contributed by atoms with E-state index >= 15 is 0 Å². The van der Waals surface area contributed by atoms with Gasteiger partial charge in [0.05, 0.1) is 0 Å². The first kappa shape index (κ1) is 13.3. The fourth-order valence-corrected chi connectivity index (χ4v) is 3.56. The zero-order valence-electron chi connectivity index (χ0n) is 13.1. The van der Waals surface area contributed by atoms with Gasteiger partial charge in [0.1, 0.15) is 0 Å². The summed E-state index contributed by atoms with van der Waals surface area (Å²) in [5, 5.41) is 7.95. The van der Waals surface area contributed by atoms with Crippen LogP contribution in [-0.2, 0) is 0 Å². The Hall–Kier alpha value is -3.19. The van der Waals surface area contributed by atoms with E-state index in [-0.39, 0.29) is 0 Å². The maximum atomic E-state index is 4.07. The number of nitrogens with zero attached hydrogens (tertiary/aromatic N) is 1. The Morgan fingerprint density at radius 3 is 2.04 bits per heavy atom. The molecule has 0 aliphatic rings. The Balaban J connectivity index is 1.80. The van der Waals surface area contributed by atoms with E-state index in [2.05, 4.69) is 71.7 Å². The SMILES string of the molecule is C(=Cc1ccc2ccc3cccc4ccc1c2c34)c1ccncc1. The maximum absolute atomic E-state index is 4.07. The van der Waals surface area contributed by atoms with Crippen LogP contribution in [0.5, 0.6) is 0 Å². The summed E-state index contributed by atoms with van der Waals surface area (Å²) in [7, 11) is 0. The van der Waals surface area contributed by atoms with Crippen LogP contribution >= 0.6 is 0 Å². The first-order valence-corrected chi connectivity index (χ1v) is 8.15. The third kappa shape index (κ3) is 1.99. The number of hydrogen-bond acceptors (Lipinski definition) is 1. The van der Waals surface area contributed by atoms with Crippen LogP contribution in [0.2, 0.25) is 0 Å². The van der Waals surface area contributed by atoms with Crippen molar-refractivity contribution in [1.29, 1.82) is 0 Å². The second-order valence-corrected chi connectivity index (χ2v) is 6.12. The lowest BCUT2D eigenvalue weighted by atomic mass is 9.92. The summed E-state index contributed by atoms with van der Waals surface area (Å²) < 4.78 is 0. The van der Waals surface area contributed by atoms with Crippen LogP contribution in [0.25, 0.3) is 44.5 Å². The van der Waals surface area contributed by atoms with Gasteiger partial charge in [-0.15, -0.1) is 0 Å². The van der Waals surface area contributed by atoms with Crippen molar-refractivity contribution in [1.82, 2.24) is 4.98 Å². The van der Waals surface area contributed by atoms with Gasteiger partial charge in [-0.25, -0.2) is 0 Å². The summed E-state index contributed by atoms with van der Waals surface area (Å²) in [6.07, 6.45) is 7.99. The van der Waals surface area contributed by atoms with Crippen molar-refractivity contribution in [2.24, 2.45) is 0 Å². The smallest absolute Gasteiger partial charge is 0.0273 e. The molecule has 0 amide bonds. The molecule has 0 fully saturated rings. The van der Waals surface area contributed by atoms with E-state index in [0.717, 1.165) is 5.56 Å². The van der Waals surface area contributed by atoms with Gasteiger partial charge < -0.3 is 0 Å². The molecule has 4 aromatic carbocycles. The van der Waals surface area contributed by atoms with Crippen molar-refractivity contribution in [3.05, 3.63) is 90.3 Å². The van der Waals surface area contributed by atoms with Crippen molar-refractivity contribution in [2.75, 3.05) is 0 Å². The van der Waals surface area contributed by atoms with E-state index in [0.29, 0.717) is 0 Å². The highest BCUT2D eigenvalue weighted by molar-refractivity contribution is 6.24. The maximum Gasteiger partial charge on any atom is 0.0273 e. The molecule has 0 unspecified atom stereocenters. The standard InChI is InChI=1S/C23H15N/c1-2-18-8-9-20-7-6-17(5-4-16-12-14-24-15-13-16)21-11-10-19(3-1)22(18)23(20)21/h1-15H. The van der Waals surface area contributed by atoms with Gasteiger partial charge in [-0.2, -0.15) is 0 Å². The van der Waals surface area contributed by atoms with E-state index in [4.69, 9.17) is 0 Å². The minimum absolute atomic E-state index is 1.16. The van der Waals surface area contributed by atoms with Crippen molar-refractivity contribution >= 4 is 44.5 Å². The van der Waals surface area contributed by atoms with Crippen LogP contribution in [0, 0.1) is 0 Å². The summed E-state index contributed by atoms with van der Waals surface area (Å²) in [5.74, 6) is 0. The van der Waals surface area contributed by atoms with Gasteiger partial charge in [0.15, 0.2) is 0 Å². The summed E-state index contributed by atoms with van der Waals surface area (Å²) >= 11 is 0. The molecule has 112 valence electrons. The molecule has 24 heavy (non-hydrogen) atoms.